The topological polar surface area (TPSA) is 116 Å². The number of methoxy groups -OCH3 is 1. The summed E-state index contributed by atoms with van der Waals surface area (Å²) in [6.45, 7) is 0.412. The molecule has 2 unspecified atom stereocenters. The molecule has 8 nitrogen and oxygen atoms in total. The van der Waals surface area contributed by atoms with Crippen molar-refractivity contribution in [2.75, 3.05) is 12.0 Å². The minimum atomic E-state index is -0.795. The fraction of sp³-hybridized carbons (Fsp3) is 0.447. The third-order valence-electron chi connectivity index (χ3n) is 8.93. The highest BCUT2D eigenvalue weighted by molar-refractivity contribution is 6.03. The van der Waals surface area contributed by atoms with Crippen molar-refractivity contribution in [3.05, 3.63) is 95.3 Å². The molecular weight excluding hydrogens is 599 g/mol. The summed E-state index contributed by atoms with van der Waals surface area (Å²) < 4.78 is 18.7. The molecule has 0 aromatic heterocycles. The van der Waals surface area contributed by atoms with Gasteiger partial charge in [0.15, 0.2) is 0 Å². The van der Waals surface area contributed by atoms with Crippen molar-refractivity contribution in [1.29, 1.82) is 0 Å². The minimum absolute atomic E-state index is 0.0173. The number of rotatable bonds is 20. The molecule has 1 heterocycles. The second-order valence-electron chi connectivity index (χ2n) is 12.3. The highest BCUT2D eigenvalue weighted by Gasteiger charge is 2.48. The molecule has 1 saturated heterocycles. The summed E-state index contributed by atoms with van der Waals surface area (Å²) in [6.07, 6.45) is 8.68. The number of nitrogens with zero attached hydrogens (tertiary/aromatic N) is 1. The van der Waals surface area contributed by atoms with E-state index in [2.05, 4.69) is 5.32 Å². The largest absolute Gasteiger partial charge is 0.497 e. The number of hydrogen-bond donors (Lipinski definition) is 3. The van der Waals surface area contributed by atoms with Gasteiger partial charge in [0.2, 0.25) is 11.8 Å². The fourth-order valence-electron chi connectivity index (χ4n) is 6.18. The van der Waals surface area contributed by atoms with E-state index in [0.29, 0.717) is 31.4 Å². The van der Waals surface area contributed by atoms with E-state index in [0.717, 1.165) is 73.9 Å². The number of aliphatic carboxylic acids is 1. The van der Waals surface area contributed by atoms with Crippen LogP contribution in [0.4, 0.5) is 10.1 Å². The van der Waals surface area contributed by atoms with Crippen molar-refractivity contribution in [1.82, 2.24) is 5.32 Å². The van der Waals surface area contributed by atoms with Gasteiger partial charge in [-0.05, 0) is 78.8 Å². The van der Waals surface area contributed by atoms with E-state index >= 15 is 0 Å². The van der Waals surface area contributed by atoms with Crippen LogP contribution in [-0.2, 0) is 20.9 Å². The van der Waals surface area contributed by atoms with Crippen LogP contribution in [0.15, 0.2) is 72.8 Å². The quantitative estimate of drug-likeness (QED) is 0.0858. The number of unbranched alkanes of at least 4 members (excludes halogenated alkanes) is 7. The number of nitrogens with one attached hydrogen (secondary N) is 1. The maximum absolute atomic E-state index is 13.5. The number of aliphatic hydroxyl groups excluding tert-OH is 1. The molecule has 0 saturated carbocycles. The molecule has 4 rings (SSSR count). The van der Waals surface area contributed by atoms with Gasteiger partial charge < -0.3 is 25.2 Å². The molecule has 3 N–H and O–H groups in total. The lowest BCUT2D eigenvalue weighted by Crippen LogP contribution is -2.55. The van der Waals surface area contributed by atoms with Crippen molar-refractivity contribution in [2.24, 2.45) is 5.92 Å². The zero-order valence-electron chi connectivity index (χ0n) is 27.2. The van der Waals surface area contributed by atoms with Crippen molar-refractivity contribution < 1.29 is 33.7 Å². The number of carbonyl (C=O) groups is 3. The monoisotopic (exact) mass is 646 g/mol. The first-order chi connectivity index (χ1) is 22.8. The molecule has 0 spiro atoms. The Morgan fingerprint density at radius 1 is 0.851 bits per heavy atom. The SMILES string of the molecule is COc1ccc(C2[C@@H](CCC(O)c3ccc(F)cc3)C(=O)N2c2ccc(CNC(=O)CCCCCCCCCCC(=O)O)cc2)cc1. The molecular formula is C38H47FN2O6. The molecule has 2 amide bonds. The van der Waals surface area contributed by atoms with Crippen LogP contribution >= 0.6 is 0 Å². The van der Waals surface area contributed by atoms with Crippen molar-refractivity contribution in [3.63, 3.8) is 0 Å². The number of carboxylic acids is 1. The van der Waals surface area contributed by atoms with Gasteiger partial charge in [-0.15, -0.1) is 0 Å². The maximum Gasteiger partial charge on any atom is 0.303 e. The Labute approximate surface area is 277 Å². The van der Waals surface area contributed by atoms with Crippen LogP contribution in [-0.4, -0.2) is 35.1 Å². The standard InChI is InChI=1S/C38H47FN2O6/c1-47-32-22-16-29(17-23-32)37-33(24-25-34(42)28-14-18-30(39)19-15-28)38(46)41(37)31-20-12-27(13-21-31)26-40-35(43)10-8-6-4-2-3-5-7-9-11-36(44)45/h12-23,33-34,37,42H,2-11,24-26H2,1H3,(H,40,43)(H,44,45)/t33-,34?,37?/m1/s1. The van der Waals surface area contributed by atoms with E-state index in [-0.39, 0.29) is 36.0 Å². The number of halogens is 1. The predicted octanol–water partition coefficient (Wildman–Crippen LogP) is 7.65. The summed E-state index contributed by atoms with van der Waals surface area (Å²) in [5.74, 6) is -0.682. The zero-order valence-corrected chi connectivity index (χ0v) is 27.2. The van der Waals surface area contributed by atoms with Gasteiger partial charge in [0.05, 0.1) is 25.2 Å². The first-order valence-corrected chi connectivity index (χ1v) is 16.7. The summed E-state index contributed by atoms with van der Waals surface area (Å²) in [5, 5.41) is 22.4. The van der Waals surface area contributed by atoms with Crippen molar-refractivity contribution >= 4 is 23.5 Å². The summed E-state index contributed by atoms with van der Waals surface area (Å²) in [6, 6.07) is 20.9. The van der Waals surface area contributed by atoms with Gasteiger partial charge in [0.1, 0.15) is 11.6 Å². The van der Waals surface area contributed by atoms with Crippen LogP contribution in [0, 0.1) is 11.7 Å². The number of amides is 2. The number of carboxylic acid groups (broad SMARTS) is 1. The van der Waals surface area contributed by atoms with E-state index in [1.165, 1.54) is 12.1 Å². The summed E-state index contributed by atoms with van der Waals surface area (Å²) in [4.78, 5) is 38.2. The number of β-lactam (4-membered cyclic amide) rings is 1. The Hall–Kier alpha value is -4.24. The van der Waals surface area contributed by atoms with E-state index in [1.54, 1.807) is 24.1 Å². The van der Waals surface area contributed by atoms with E-state index in [9.17, 15) is 23.9 Å². The molecule has 47 heavy (non-hydrogen) atoms. The summed E-state index contributed by atoms with van der Waals surface area (Å²) in [7, 11) is 1.61. The number of hydrogen-bond acceptors (Lipinski definition) is 5. The van der Waals surface area contributed by atoms with Crippen LogP contribution in [0.1, 0.15) is 106 Å². The average Bonchev–Trinajstić information content (AvgIpc) is 3.07. The first-order valence-electron chi connectivity index (χ1n) is 16.7. The van der Waals surface area contributed by atoms with Gasteiger partial charge in [-0.3, -0.25) is 14.4 Å². The predicted molar refractivity (Wildman–Crippen MR) is 179 cm³/mol. The van der Waals surface area contributed by atoms with Crippen LogP contribution in [0.5, 0.6) is 5.75 Å². The Morgan fingerprint density at radius 3 is 2.04 bits per heavy atom. The number of ether oxygens (including phenoxy) is 1. The Bertz CT molecular complexity index is 1430. The molecule has 0 aliphatic carbocycles. The molecule has 3 atom stereocenters. The zero-order chi connectivity index (χ0) is 33.6. The van der Waals surface area contributed by atoms with Crippen molar-refractivity contribution in [2.45, 2.75) is 95.7 Å². The average molecular weight is 647 g/mol. The van der Waals surface area contributed by atoms with Gasteiger partial charge in [0, 0.05) is 25.1 Å². The lowest BCUT2D eigenvalue weighted by molar-refractivity contribution is -0.137. The molecule has 3 aromatic rings. The Kier molecular flexibility index (Phi) is 13.8. The Balaban J connectivity index is 1.25. The highest BCUT2D eigenvalue weighted by Crippen LogP contribution is 2.46. The van der Waals surface area contributed by atoms with E-state index in [1.807, 2.05) is 48.5 Å². The first kappa shape index (κ1) is 35.6. The minimum Gasteiger partial charge on any atom is -0.497 e. The maximum atomic E-state index is 13.5. The molecule has 3 aromatic carbocycles. The Morgan fingerprint density at radius 2 is 1.45 bits per heavy atom. The molecule has 0 bridgehead atoms. The van der Waals surface area contributed by atoms with Gasteiger partial charge in [-0.25, -0.2) is 4.39 Å². The molecule has 1 aliphatic rings. The number of anilines is 1. The van der Waals surface area contributed by atoms with Gasteiger partial charge in [-0.1, -0.05) is 74.9 Å². The third-order valence-corrected chi connectivity index (χ3v) is 8.93. The lowest BCUT2D eigenvalue weighted by Gasteiger charge is -2.48. The molecule has 9 heteroatoms. The van der Waals surface area contributed by atoms with Gasteiger partial charge in [-0.2, -0.15) is 0 Å². The highest BCUT2D eigenvalue weighted by atomic mass is 19.1. The van der Waals surface area contributed by atoms with Crippen LogP contribution < -0.4 is 15.0 Å². The second-order valence-corrected chi connectivity index (χ2v) is 12.3. The number of benzene rings is 3. The summed E-state index contributed by atoms with van der Waals surface area (Å²) >= 11 is 0. The summed E-state index contributed by atoms with van der Waals surface area (Å²) in [5.41, 5.74) is 3.30. The number of carbonyl (C=O) groups excluding carboxylic acids is 2. The number of aliphatic hydroxyl groups is 1. The second kappa shape index (κ2) is 18.2. The van der Waals surface area contributed by atoms with Crippen molar-refractivity contribution in [3.8, 4) is 5.75 Å². The van der Waals surface area contributed by atoms with Crippen LogP contribution in [0.25, 0.3) is 0 Å². The molecule has 1 fully saturated rings. The third kappa shape index (κ3) is 10.6. The molecule has 0 radical (unpaired) electrons. The van der Waals surface area contributed by atoms with Gasteiger partial charge >= 0.3 is 5.97 Å². The van der Waals surface area contributed by atoms with Gasteiger partial charge in [0.25, 0.3) is 0 Å². The lowest BCUT2D eigenvalue weighted by atomic mass is 9.78. The van der Waals surface area contributed by atoms with Crippen LogP contribution in [0.3, 0.4) is 0 Å². The molecule has 252 valence electrons. The smallest absolute Gasteiger partial charge is 0.303 e. The normalized spacial score (nSPS) is 16.4. The molecule has 1 aliphatic heterocycles. The van der Waals surface area contributed by atoms with Crippen LogP contribution in [0.2, 0.25) is 0 Å². The van der Waals surface area contributed by atoms with E-state index in [4.69, 9.17) is 9.84 Å². The fourth-order valence-corrected chi connectivity index (χ4v) is 6.18. The van der Waals surface area contributed by atoms with E-state index < -0.39 is 12.1 Å².